The third-order valence-corrected chi connectivity index (χ3v) is 3.46. The van der Waals surface area contributed by atoms with E-state index in [2.05, 4.69) is 0 Å². The van der Waals surface area contributed by atoms with Crippen LogP contribution in [0.1, 0.15) is 37.8 Å². The van der Waals surface area contributed by atoms with Crippen LogP contribution in [-0.2, 0) is 42.7 Å². The van der Waals surface area contributed by atoms with E-state index in [9.17, 15) is 9.59 Å². The molecular formula is C22H32N2O8S. The molecule has 0 aromatic heterocycles. The number of carbonyl (C=O) groups excluding carboxylic acids is 2. The number of hydrogen-bond acceptors (Lipinski definition) is 8. The summed E-state index contributed by atoms with van der Waals surface area (Å²) in [5.41, 5.74) is 12.9. The molecule has 0 aliphatic heterocycles. The van der Waals surface area contributed by atoms with Gasteiger partial charge in [0.2, 0.25) is 0 Å². The highest BCUT2D eigenvalue weighted by Crippen LogP contribution is 2.03. The summed E-state index contributed by atoms with van der Waals surface area (Å²) in [5.74, 6) is -0.493. The van der Waals surface area contributed by atoms with Crippen LogP contribution in [0.3, 0.4) is 0 Å². The predicted molar refractivity (Wildman–Crippen MR) is 123 cm³/mol. The van der Waals surface area contributed by atoms with Crippen molar-refractivity contribution in [2.24, 2.45) is 11.5 Å². The average Bonchev–Trinajstić information content (AvgIpc) is 2.71. The van der Waals surface area contributed by atoms with Crippen molar-refractivity contribution in [3.63, 3.8) is 0 Å². The lowest BCUT2D eigenvalue weighted by Crippen LogP contribution is -2.20. The third kappa shape index (κ3) is 22.2. The molecule has 2 aromatic rings. The maximum atomic E-state index is 11.1. The van der Waals surface area contributed by atoms with Crippen molar-refractivity contribution in [2.75, 3.05) is 0 Å². The minimum Gasteiger partial charge on any atom is -0.461 e. The van der Waals surface area contributed by atoms with Crippen molar-refractivity contribution < 1.29 is 36.6 Å². The first-order valence-electron chi connectivity index (χ1n) is 9.97. The van der Waals surface area contributed by atoms with Crippen molar-refractivity contribution >= 4 is 22.3 Å². The van der Waals surface area contributed by atoms with E-state index < -0.39 is 10.4 Å². The maximum absolute atomic E-state index is 11.1. The molecule has 0 unspecified atom stereocenters. The number of ether oxygens (including phenoxy) is 2. The molecule has 0 heterocycles. The summed E-state index contributed by atoms with van der Waals surface area (Å²) in [5, 5.41) is 0. The van der Waals surface area contributed by atoms with Gasteiger partial charge in [0.15, 0.2) is 0 Å². The molecule has 0 saturated carbocycles. The van der Waals surface area contributed by atoms with E-state index in [1.165, 1.54) is 0 Å². The van der Waals surface area contributed by atoms with Gasteiger partial charge >= 0.3 is 22.3 Å². The van der Waals surface area contributed by atoms with Gasteiger partial charge in [-0.15, -0.1) is 0 Å². The van der Waals surface area contributed by atoms with Crippen LogP contribution < -0.4 is 11.5 Å². The molecule has 0 bridgehead atoms. The molecule has 2 aromatic carbocycles. The molecule has 6 N–H and O–H groups in total. The summed E-state index contributed by atoms with van der Waals surface area (Å²) in [6, 6.07) is 18.9. The van der Waals surface area contributed by atoms with Crippen molar-refractivity contribution in [2.45, 2.75) is 52.0 Å². The standard InChI is InChI=1S/2C11H15NO2.H2O4S/c2*1-9(12)7-11(13)14-8-10-5-3-2-4-6-10;1-5(2,3)4/h2*2-6,9H,7-8,12H2,1H3;(H2,1,2,3,4)/t2*9-;/m11./s1. The lowest BCUT2D eigenvalue weighted by molar-refractivity contribution is -0.146. The second-order valence-corrected chi connectivity index (χ2v) is 8.00. The van der Waals surface area contributed by atoms with Gasteiger partial charge in [0.25, 0.3) is 0 Å². The van der Waals surface area contributed by atoms with Gasteiger partial charge in [0.05, 0.1) is 12.8 Å². The van der Waals surface area contributed by atoms with E-state index in [1.807, 2.05) is 60.7 Å². The van der Waals surface area contributed by atoms with E-state index in [1.54, 1.807) is 13.8 Å². The number of carbonyl (C=O) groups is 2. The SMILES string of the molecule is C[C@@H](N)CC(=O)OCc1ccccc1.C[C@@H](N)CC(=O)OCc1ccccc1.O=S(=O)(O)O. The molecular weight excluding hydrogens is 452 g/mol. The molecule has 33 heavy (non-hydrogen) atoms. The van der Waals surface area contributed by atoms with Gasteiger partial charge in [-0.1, -0.05) is 60.7 Å². The lowest BCUT2D eigenvalue weighted by Gasteiger charge is -2.06. The van der Waals surface area contributed by atoms with Gasteiger partial charge in [0.1, 0.15) is 13.2 Å². The zero-order valence-corrected chi connectivity index (χ0v) is 19.5. The van der Waals surface area contributed by atoms with Gasteiger partial charge in [-0.2, -0.15) is 8.42 Å². The molecule has 0 radical (unpaired) electrons. The van der Waals surface area contributed by atoms with Crippen LogP contribution in [0.2, 0.25) is 0 Å². The number of nitrogens with two attached hydrogens (primary N) is 2. The zero-order chi connectivity index (χ0) is 25.3. The summed E-state index contributed by atoms with van der Waals surface area (Å²) < 4.78 is 41.6. The summed E-state index contributed by atoms with van der Waals surface area (Å²) >= 11 is 0. The van der Waals surface area contributed by atoms with Crippen LogP contribution >= 0.6 is 0 Å². The van der Waals surface area contributed by atoms with Crippen LogP contribution in [0.15, 0.2) is 60.7 Å². The second-order valence-electron chi connectivity index (χ2n) is 7.10. The van der Waals surface area contributed by atoms with Gasteiger partial charge in [-0.3, -0.25) is 18.7 Å². The Morgan fingerprint density at radius 1 is 0.758 bits per heavy atom. The number of benzene rings is 2. The van der Waals surface area contributed by atoms with Gasteiger partial charge in [0, 0.05) is 12.1 Å². The Morgan fingerprint density at radius 2 is 1.03 bits per heavy atom. The molecule has 0 aliphatic carbocycles. The van der Waals surface area contributed by atoms with E-state index in [4.69, 9.17) is 38.5 Å². The summed E-state index contributed by atoms with van der Waals surface area (Å²) in [4.78, 5) is 22.2. The normalized spacial score (nSPS) is 12.1. The van der Waals surface area contributed by atoms with Gasteiger partial charge in [-0.25, -0.2) is 0 Å². The molecule has 0 fully saturated rings. The first kappa shape index (κ1) is 30.2. The highest BCUT2D eigenvalue weighted by molar-refractivity contribution is 7.79. The Kier molecular flexibility index (Phi) is 15.3. The van der Waals surface area contributed by atoms with Crippen molar-refractivity contribution in [3.05, 3.63) is 71.8 Å². The summed E-state index contributed by atoms with van der Waals surface area (Å²) in [6.45, 7) is 4.21. The fourth-order valence-electron chi connectivity index (χ4n) is 2.12. The van der Waals surface area contributed by atoms with E-state index in [0.29, 0.717) is 13.2 Å². The van der Waals surface area contributed by atoms with E-state index >= 15 is 0 Å². The molecule has 2 atom stereocenters. The Hall–Kier alpha value is -2.83. The zero-order valence-electron chi connectivity index (χ0n) is 18.7. The molecule has 0 aliphatic rings. The summed E-state index contributed by atoms with van der Waals surface area (Å²) in [7, 11) is -4.67. The van der Waals surface area contributed by atoms with Crippen molar-refractivity contribution in [1.29, 1.82) is 0 Å². The molecule has 0 spiro atoms. The lowest BCUT2D eigenvalue weighted by atomic mass is 10.2. The van der Waals surface area contributed by atoms with E-state index in [-0.39, 0.29) is 36.9 Å². The van der Waals surface area contributed by atoms with Crippen LogP contribution in [0.25, 0.3) is 0 Å². The second kappa shape index (κ2) is 16.8. The molecule has 11 heteroatoms. The first-order chi connectivity index (χ1) is 15.4. The van der Waals surface area contributed by atoms with E-state index in [0.717, 1.165) is 11.1 Å². The van der Waals surface area contributed by atoms with Crippen molar-refractivity contribution in [1.82, 2.24) is 0 Å². The Morgan fingerprint density at radius 3 is 1.27 bits per heavy atom. The molecule has 184 valence electrons. The highest BCUT2D eigenvalue weighted by Gasteiger charge is 2.06. The fraction of sp³-hybridized carbons (Fsp3) is 0.364. The predicted octanol–water partition coefficient (Wildman–Crippen LogP) is 2.28. The maximum Gasteiger partial charge on any atom is 0.394 e. The molecule has 0 saturated heterocycles. The number of hydrogen-bond donors (Lipinski definition) is 4. The largest absolute Gasteiger partial charge is 0.461 e. The average molecular weight is 485 g/mol. The number of esters is 2. The van der Waals surface area contributed by atoms with Crippen LogP contribution in [-0.4, -0.2) is 41.5 Å². The van der Waals surface area contributed by atoms with Gasteiger partial charge in [-0.05, 0) is 25.0 Å². The topological polar surface area (TPSA) is 179 Å². The highest BCUT2D eigenvalue weighted by atomic mass is 32.3. The summed E-state index contributed by atoms with van der Waals surface area (Å²) in [6.07, 6.45) is 0.541. The first-order valence-corrected chi connectivity index (χ1v) is 11.4. The van der Waals surface area contributed by atoms with Gasteiger partial charge < -0.3 is 20.9 Å². The minimum absolute atomic E-state index is 0.140. The minimum atomic E-state index is -4.67. The van der Waals surface area contributed by atoms with Crippen LogP contribution in [0.5, 0.6) is 0 Å². The quantitative estimate of drug-likeness (QED) is 0.321. The number of rotatable bonds is 8. The molecule has 0 amide bonds. The Balaban J connectivity index is 0.000000517. The fourth-order valence-corrected chi connectivity index (χ4v) is 2.12. The molecule has 10 nitrogen and oxygen atoms in total. The van der Waals surface area contributed by atoms with Crippen LogP contribution in [0.4, 0.5) is 0 Å². The Labute approximate surface area is 194 Å². The third-order valence-electron chi connectivity index (χ3n) is 3.46. The van der Waals surface area contributed by atoms with Crippen molar-refractivity contribution in [3.8, 4) is 0 Å². The molecule has 2 rings (SSSR count). The Bertz CT molecular complexity index is 835. The van der Waals surface area contributed by atoms with Crippen LogP contribution in [0, 0.1) is 0 Å². The smallest absolute Gasteiger partial charge is 0.394 e. The monoisotopic (exact) mass is 484 g/mol.